The van der Waals surface area contributed by atoms with E-state index >= 15 is 0 Å². The quantitative estimate of drug-likeness (QED) is 0.262. The number of thiocarbonyl (C=S) groups is 1. The van der Waals surface area contributed by atoms with Crippen LogP contribution in [-0.2, 0) is 9.53 Å². The summed E-state index contributed by atoms with van der Waals surface area (Å²) in [5, 5.41) is 16.4. The minimum Gasteiger partial charge on any atom is -0.478 e. The Hall–Kier alpha value is -4.54. The van der Waals surface area contributed by atoms with Crippen molar-refractivity contribution in [3.63, 3.8) is 0 Å². The Balaban J connectivity index is 1.59. The number of nitrogens with zero attached hydrogens (tertiary/aromatic N) is 3. The number of carboxylic acid groups (broad SMARTS) is 1. The first kappa shape index (κ1) is 27.0. The summed E-state index contributed by atoms with van der Waals surface area (Å²) in [5.74, 6) is -1.21. The monoisotopic (exact) mass is 555 g/mol. The van der Waals surface area contributed by atoms with Gasteiger partial charge in [-0.15, -0.1) is 0 Å². The number of pyridine rings is 1. The second kappa shape index (κ2) is 11.3. The summed E-state index contributed by atoms with van der Waals surface area (Å²) in [4.78, 5) is 30.3. The third kappa shape index (κ3) is 5.18. The van der Waals surface area contributed by atoms with Crippen LogP contribution in [0.2, 0.25) is 0 Å². The molecule has 1 fully saturated rings. The lowest BCUT2D eigenvalue weighted by atomic mass is 9.96. The molecule has 10 heteroatoms. The Morgan fingerprint density at radius 1 is 1.05 bits per heavy atom. The molecule has 3 N–H and O–H groups in total. The lowest BCUT2D eigenvalue weighted by Crippen LogP contribution is -2.29. The van der Waals surface area contributed by atoms with Crippen LogP contribution in [0.1, 0.15) is 45.1 Å². The number of carbonyl (C=O) groups is 2. The molecular weight excluding hydrogens is 526 g/mol. The Morgan fingerprint density at radius 2 is 1.82 bits per heavy atom. The van der Waals surface area contributed by atoms with Crippen LogP contribution >= 0.6 is 12.2 Å². The highest BCUT2D eigenvalue weighted by Gasteiger charge is 2.42. The summed E-state index contributed by atoms with van der Waals surface area (Å²) in [7, 11) is 1.47. The summed E-state index contributed by atoms with van der Waals surface area (Å²) in [6, 6.07) is 21.8. The standard InChI is InChI=1S/C30H29N5O4S/c1-18-15-24(19(2)34(18)23-8-6-7-20(16-23)29(37)38)28-27(25-9-4-5-14-31-25)33-30(40)35(28)22-12-10-21(11-13-22)32-26(36)17-39-3/h4-16,27-28H,17H2,1-3H3,(H,32,36)(H,33,40)(H,37,38)/t27-,28+/m1/s1. The number of hydrogen-bond donors (Lipinski definition) is 3. The number of rotatable bonds is 8. The van der Waals surface area contributed by atoms with E-state index in [2.05, 4.69) is 31.2 Å². The van der Waals surface area contributed by atoms with E-state index in [4.69, 9.17) is 17.0 Å². The summed E-state index contributed by atoms with van der Waals surface area (Å²) in [6.07, 6.45) is 1.76. The van der Waals surface area contributed by atoms with Crippen molar-refractivity contribution in [2.75, 3.05) is 23.9 Å². The van der Waals surface area contributed by atoms with E-state index in [-0.39, 0.29) is 30.2 Å². The van der Waals surface area contributed by atoms with Gasteiger partial charge in [-0.05, 0) is 92.3 Å². The lowest BCUT2D eigenvalue weighted by molar-refractivity contribution is -0.119. The van der Waals surface area contributed by atoms with E-state index in [1.165, 1.54) is 7.11 Å². The van der Waals surface area contributed by atoms with Crippen molar-refractivity contribution in [3.05, 3.63) is 107 Å². The maximum atomic E-state index is 12.0. The van der Waals surface area contributed by atoms with Crippen molar-refractivity contribution in [1.82, 2.24) is 14.9 Å². The molecule has 40 heavy (non-hydrogen) atoms. The first-order valence-electron chi connectivity index (χ1n) is 12.7. The van der Waals surface area contributed by atoms with Gasteiger partial charge in [-0.3, -0.25) is 9.78 Å². The van der Waals surface area contributed by atoms with Gasteiger partial charge in [0.1, 0.15) is 6.61 Å². The average Bonchev–Trinajstić information content (AvgIpc) is 3.44. The largest absolute Gasteiger partial charge is 0.478 e. The molecule has 0 aliphatic carbocycles. The fourth-order valence-corrected chi connectivity index (χ4v) is 5.59. The fraction of sp³-hybridized carbons (Fsp3) is 0.200. The molecule has 204 valence electrons. The van der Waals surface area contributed by atoms with Crippen molar-refractivity contribution in [2.45, 2.75) is 25.9 Å². The van der Waals surface area contributed by atoms with E-state index in [0.717, 1.165) is 34.0 Å². The first-order valence-corrected chi connectivity index (χ1v) is 13.1. The number of ether oxygens (including phenoxy) is 1. The Kier molecular flexibility index (Phi) is 7.63. The predicted octanol–water partition coefficient (Wildman–Crippen LogP) is 4.95. The van der Waals surface area contributed by atoms with Crippen molar-refractivity contribution in [3.8, 4) is 5.69 Å². The molecule has 1 aliphatic heterocycles. The highest BCUT2D eigenvalue weighted by Crippen LogP contribution is 2.44. The highest BCUT2D eigenvalue weighted by molar-refractivity contribution is 7.80. The van der Waals surface area contributed by atoms with Gasteiger partial charge in [0.15, 0.2) is 5.11 Å². The van der Waals surface area contributed by atoms with Crippen LogP contribution in [-0.4, -0.2) is 45.4 Å². The van der Waals surface area contributed by atoms with Crippen LogP contribution in [0.4, 0.5) is 11.4 Å². The summed E-state index contributed by atoms with van der Waals surface area (Å²) < 4.78 is 6.96. The predicted molar refractivity (Wildman–Crippen MR) is 157 cm³/mol. The van der Waals surface area contributed by atoms with E-state index in [1.807, 2.05) is 62.4 Å². The van der Waals surface area contributed by atoms with Gasteiger partial charge in [-0.25, -0.2) is 4.79 Å². The van der Waals surface area contributed by atoms with Crippen LogP contribution in [0.3, 0.4) is 0 Å². The molecule has 0 radical (unpaired) electrons. The third-order valence-corrected chi connectivity index (χ3v) is 7.26. The number of carbonyl (C=O) groups excluding carboxylic acids is 1. The summed E-state index contributed by atoms with van der Waals surface area (Å²) >= 11 is 5.86. The zero-order valence-corrected chi connectivity index (χ0v) is 23.1. The van der Waals surface area contributed by atoms with E-state index in [0.29, 0.717) is 10.8 Å². The maximum absolute atomic E-state index is 12.0. The number of nitrogens with one attached hydrogen (secondary N) is 2. The van der Waals surface area contributed by atoms with Crippen molar-refractivity contribution >= 4 is 40.6 Å². The zero-order valence-electron chi connectivity index (χ0n) is 22.3. The first-order chi connectivity index (χ1) is 19.3. The number of aromatic nitrogens is 2. The van der Waals surface area contributed by atoms with Crippen LogP contribution < -0.4 is 15.5 Å². The summed E-state index contributed by atoms with van der Waals surface area (Å²) in [5.41, 5.74) is 6.29. The second-order valence-corrected chi connectivity index (χ2v) is 9.93. The number of anilines is 2. The number of carboxylic acids is 1. The lowest BCUT2D eigenvalue weighted by Gasteiger charge is -2.28. The topological polar surface area (TPSA) is 109 Å². The molecule has 1 amide bonds. The van der Waals surface area contributed by atoms with Gasteiger partial charge in [0.05, 0.1) is 23.3 Å². The van der Waals surface area contributed by atoms with Gasteiger partial charge < -0.3 is 29.9 Å². The van der Waals surface area contributed by atoms with Gasteiger partial charge in [-0.1, -0.05) is 12.1 Å². The van der Waals surface area contributed by atoms with Crippen LogP contribution in [0.15, 0.2) is 79.0 Å². The molecule has 0 unspecified atom stereocenters. The molecule has 1 aliphatic rings. The van der Waals surface area contributed by atoms with Crippen LogP contribution in [0.5, 0.6) is 0 Å². The fourth-order valence-electron chi connectivity index (χ4n) is 5.24. The third-order valence-electron chi connectivity index (χ3n) is 6.94. The minimum absolute atomic E-state index is 0.0271. The van der Waals surface area contributed by atoms with E-state index < -0.39 is 5.97 Å². The molecule has 0 bridgehead atoms. The highest BCUT2D eigenvalue weighted by atomic mass is 32.1. The molecular formula is C30H29N5O4S. The molecule has 0 spiro atoms. The van der Waals surface area contributed by atoms with Gasteiger partial charge in [0.25, 0.3) is 0 Å². The molecule has 4 aromatic rings. The number of benzene rings is 2. The number of hydrogen-bond acceptors (Lipinski definition) is 5. The van der Waals surface area contributed by atoms with Crippen molar-refractivity contribution in [2.24, 2.45) is 0 Å². The van der Waals surface area contributed by atoms with Gasteiger partial charge in [0.2, 0.25) is 5.91 Å². The molecule has 9 nitrogen and oxygen atoms in total. The van der Waals surface area contributed by atoms with Gasteiger partial charge >= 0.3 is 5.97 Å². The Labute approximate surface area is 237 Å². The molecule has 2 aromatic carbocycles. The second-order valence-electron chi connectivity index (χ2n) is 9.54. The number of amides is 1. The Bertz CT molecular complexity index is 1570. The summed E-state index contributed by atoms with van der Waals surface area (Å²) in [6.45, 7) is 4.00. The molecule has 0 saturated carbocycles. The maximum Gasteiger partial charge on any atom is 0.335 e. The number of aryl methyl sites for hydroxylation is 1. The Morgan fingerprint density at radius 3 is 2.50 bits per heavy atom. The number of aromatic carboxylic acids is 1. The van der Waals surface area contributed by atoms with Gasteiger partial charge in [-0.2, -0.15) is 0 Å². The molecule has 5 rings (SSSR count). The van der Waals surface area contributed by atoms with Crippen molar-refractivity contribution in [1.29, 1.82) is 0 Å². The van der Waals surface area contributed by atoms with Gasteiger partial charge in [0, 0.05) is 41.8 Å². The normalized spacial score (nSPS) is 16.6. The SMILES string of the molecule is COCC(=O)Nc1ccc(N2C(=S)N[C@H](c3ccccn3)[C@@H]2c2cc(C)n(-c3cccc(C(=O)O)c3)c2C)cc1. The van der Waals surface area contributed by atoms with Crippen LogP contribution in [0.25, 0.3) is 5.69 Å². The molecule has 3 heterocycles. The molecule has 2 aromatic heterocycles. The van der Waals surface area contributed by atoms with E-state index in [9.17, 15) is 14.7 Å². The van der Waals surface area contributed by atoms with Crippen LogP contribution in [0, 0.1) is 13.8 Å². The minimum atomic E-state index is -0.974. The molecule has 1 saturated heterocycles. The number of methoxy groups -OCH3 is 1. The molecule has 2 atom stereocenters. The van der Waals surface area contributed by atoms with E-state index in [1.54, 1.807) is 24.4 Å². The van der Waals surface area contributed by atoms with Crippen molar-refractivity contribution < 1.29 is 19.4 Å². The zero-order chi connectivity index (χ0) is 28.4. The average molecular weight is 556 g/mol. The smallest absolute Gasteiger partial charge is 0.335 e.